The van der Waals surface area contributed by atoms with Crippen LogP contribution in [0.3, 0.4) is 0 Å². The summed E-state index contributed by atoms with van der Waals surface area (Å²) < 4.78 is 4.19. The van der Waals surface area contributed by atoms with Gasteiger partial charge in [-0.2, -0.15) is 9.64 Å². The molecule has 0 fully saturated rings. The van der Waals surface area contributed by atoms with Crippen LogP contribution in [0.5, 0.6) is 0 Å². The number of aryl methyl sites for hydroxylation is 1. The van der Waals surface area contributed by atoms with Crippen molar-refractivity contribution in [2.24, 2.45) is 0 Å². The van der Waals surface area contributed by atoms with E-state index in [1.165, 1.54) is 30.8 Å². The Balaban J connectivity index is 2.50. The first-order valence-corrected chi connectivity index (χ1v) is 6.59. The largest absolute Gasteiger partial charge is 0.372 e. The van der Waals surface area contributed by atoms with Gasteiger partial charge in [0.05, 0.1) is 5.69 Å². The van der Waals surface area contributed by atoms with Crippen LogP contribution in [0.25, 0.3) is 0 Å². The normalized spacial score (nSPS) is 12.1. The highest BCUT2D eigenvalue weighted by molar-refractivity contribution is 7.10. The lowest BCUT2D eigenvalue weighted by atomic mass is 10.1. The van der Waals surface area contributed by atoms with Gasteiger partial charge in [-0.25, -0.2) is 0 Å². The molecule has 0 radical (unpaired) electrons. The Morgan fingerprint density at radius 3 is 2.88 bits per heavy atom. The van der Waals surface area contributed by atoms with Crippen LogP contribution in [0.15, 0.2) is 0 Å². The average Bonchev–Trinajstić information content (AvgIpc) is 2.59. The molecule has 1 aromatic rings. The zero-order chi connectivity index (χ0) is 12.0. The fourth-order valence-electron chi connectivity index (χ4n) is 1.60. The molecule has 0 aliphatic rings. The van der Waals surface area contributed by atoms with E-state index in [-0.39, 0.29) is 0 Å². The molecule has 3 nitrogen and oxygen atoms in total. The van der Waals surface area contributed by atoms with Crippen molar-refractivity contribution in [3.8, 4) is 6.07 Å². The minimum Gasteiger partial charge on any atom is -0.372 e. The van der Waals surface area contributed by atoms with E-state index >= 15 is 0 Å². The first-order chi connectivity index (χ1) is 7.69. The van der Waals surface area contributed by atoms with E-state index in [2.05, 4.69) is 29.6 Å². The Morgan fingerprint density at radius 2 is 2.25 bits per heavy atom. The molecule has 0 amide bonds. The van der Waals surface area contributed by atoms with E-state index in [1.807, 2.05) is 6.92 Å². The highest BCUT2D eigenvalue weighted by Gasteiger charge is 2.11. The molecule has 88 valence electrons. The summed E-state index contributed by atoms with van der Waals surface area (Å²) in [5.41, 5.74) is 1.53. The number of hydrogen-bond donors (Lipinski definition) is 1. The van der Waals surface area contributed by atoms with Crippen molar-refractivity contribution in [2.45, 2.75) is 52.5 Å². The Labute approximate surface area is 102 Å². The van der Waals surface area contributed by atoms with E-state index in [0.717, 1.165) is 17.1 Å². The molecule has 1 heterocycles. The predicted molar refractivity (Wildman–Crippen MR) is 68.8 cm³/mol. The van der Waals surface area contributed by atoms with Crippen LogP contribution < -0.4 is 5.32 Å². The first kappa shape index (κ1) is 13.0. The van der Waals surface area contributed by atoms with Crippen molar-refractivity contribution in [2.75, 3.05) is 5.32 Å². The van der Waals surface area contributed by atoms with Crippen molar-refractivity contribution in [1.29, 1.82) is 5.26 Å². The highest BCUT2D eigenvalue weighted by Crippen LogP contribution is 2.24. The molecule has 0 saturated heterocycles. The SMILES string of the molecule is CCCCCC(C)Nc1snc(C)c1C#N. The molecule has 0 spiro atoms. The van der Waals surface area contributed by atoms with Gasteiger partial charge < -0.3 is 5.32 Å². The van der Waals surface area contributed by atoms with Crippen LogP contribution >= 0.6 is 11.5 Å². The number of anilines is 1. The van der Waals surface area contributed by atoms with E-state index in [0.29, 0.717) is 11.6 Å². The van der Waals surface area contributed by atoms with Crippen LogP contribution in [0.1, 0.15) is 50.8 Å². The zero-order valence-electron chi connectivity index (χ0n) is 10.2. The fourth-order valence-corrected chi connectivity index (χ4v) is 2.45. The number of unbranched alkanes of at least 4 members (excludes halogenated alkanes) is 2. The Morgan fingerprint density at radius 1 is 1.50 bits per heavy atom. The third-order valence-electron chi connectivity index (χ3n) is 2.59. The summed E-state index contributed by atoms with van der Waals surface area (Å²) in [7, 11) is 0. The third-order valence-corrected chi connectivity index (χ3v) is 3.46. The summed E-state index contributed by atoms with van der Waals surface area (Å²) in [6, 6.07) is 2.62. The topological polar surface area (TPSA) is 48.7 Å². The van der Waals surface area contributed by atoms with Crippen LogP contribution in [-0.4, -0.2) is 10.4 Å². The third kappa shape index (κ3) is 3.49. The van der Waals surface area contributed by atoms with E-state index < -0.39 is 0 Å². The predicted octanol–water partition coefficient (Wildman–Crippen LogP) is 3.70. The van der Waals surface area contributed by atoms with E-state index in [1.54, 1.807) is 0 Å². The average molecular weight is 237 g/mol. The molecule has 16 heavy (non-hydrogen) atoms. The summed E-state index contributed by atoms with van der Waals surface area (Å²) in [6.07, 6.45) is 4.91. The number of nitrogens with zero attached hydrogens (tertiary/aromatic N) is 2. The van der Waals surface area contributed by atoms with Crippen LogP contribution in [-0.2, 0) is 0 Å². The van der Waals surface area contributed by atoms with Crippen molar-refractivity contribution in [3.63, 3.8) is 0 Å². The summed E-state index contributed by atoms with van der Waals surface area (Å²) in [5.74, 6) is 0. The smallest absolute Gasteiger partial charge is 0.127 e. The van der Waals surface area contributed by atoms with Crippen molar-refractivity contribution in [3.05, 3.63) is 11.3 Å². The number of nitriles is 1. The lowest BCUT2D eigenvalue weighted by Gasteiger charge is -2.13. The zero-order valence-corrected chi connectivity index (χ0v) is 11.0. The summed E-state index contributed by atoms with van der Waals surface area (Å²) >= 11 is 1.38. The van der Waals surface area contributed by atoms with Gasteiger partial charge in [-0.3, -0.25) is 0 Å². The molecule has 0 saturated carbocycles. The highest BCUT2D eigenvalue weighted by atomic mass is 32.1. The number of nitrogens with one attached hydrogen (secondary N) is 1. The van der Waals surface area contributed by atoms with Crippen LogP contribution in [0, 0.1) is 18.3 Å². The Hall–Kier alpha value is -1.08. The van der Waals surface area contributed by atoms with Gasteiger partial charge in [0.25, 0.3) is 0 Å². The molecule has 0 aromatic carbocycles. The molecular formula is C12H19N3S. The standard InChI is InChI=1S/C12H19N3S/c1-4-5-6-7-9(2)14-12-11(8-13)10(3)15-16-12/h9,14H,4-7H2,1-3H3. The molecule has 4 heteroatoms. The van der Waals surface area contributed by atoms with Crippen LogP contribution in [0.4, 0.5) is 5.00 Å². The molecule has 1 atom stereocenters. The Kier molecular flexibility index (Phi) is 5.27. The second-order valence-electron chi connectivity index (χ2n) is 4.13. The molecule has 0 aliphatic carbocycles. The van der Waals surface area contributed by atoms with E-state index in [9.17, 15) is 0 Å². The lowest BCUT2D eigenvalue weighted by molar-refractivity contribution is 0.616. The summed E-state index contributed by atoms with van der Waals surface area (Å²) in [4.78, 5) is 0. The maximum Gasteiger partial charge on any atom is 0.127 e. The maximum absolute atomic E-state index is 8.99. The Bertz CT molecular complexity index is 365. The van der Waals surface area contributed by atoms with Gasteiger partial charge in [0.2, 0.25) is 0 Å². The van der Waals surface area contributed by atoms with E-state index in [4.69, 9.17) is 5.26 Å². The molecule has 1 N–H and O–H groups in total. The summed E-state index contributed by atoms with van der Waals surface area (Å²) in [5, 5.41) is 13.3. The minimum atomic E-state index is 0.415. The number of hydrogen-bond acceptors (Lipinski definition) is 4. The summed E-state index contributed by atoms with van der Waals surface area (Å²) in [6.45, 7) is 6.24. The van der Waals surface area contributed by atoms with Gasteiger partial charge in [0.1, 0.15) is 16.6 Å². The molecular weight excluding hydrogens is 218 g/mol. The van der Waals surface area contributed by atoms with Gasteiger partial charge in [0.15, 0.2) is 0 Å². The minimum absolute atomic E-state index is 0.415. The fraction of sp³-hybridized carbons (Fsp3) is 0.667. The van der Waals surface area contributed by atoms with Gasteiger partial charge in [-0.15, -0.1) is 0 Å². The van der Waals surface area contributed by atoms with Gasteiger partial charge in [0, 0.05) is 6.04 Å². The molecule has 1 unspecified atom stereocenters. The maximum atomic E-state index is 8.99. The monoisotopic (exact) mass is 237 g/mol. The molecule has 0 aliphatic heterocycles. The first-order valence-electron chi connectivity index (χ1n) is 5.82. The number of rotatable bonds is 6. The lowest BCUT2D eigenvalue weighted by Crippen LogP contribution is -2.14. The quantitative estimate of drug-likeness (QED) is 0.767. The van der Waals surface area contributed by atoms with Crippen molar-refractivity contribution < 1.29 is 0 Å². The molecule has 1 rings (SSSR count). The van der Waals surface area contributed by atoms with Gasteiger partial charge >= 0.3 is 0 Å². The van der Waals surface area contributed by atoms with Crippen LogP contribution in [0.2, 0.25) is 0 Å². The second-order valence-corrected chi connectivity index (χ2v) is 4.90. The number of aromatic nitrogens is 1. The van der Waals surface area contributed by atoms with Crippen molar-refractivity contribution in [1.82, 2.24) is 4.37 Å². The molecule has 1 aromatic heterocycles. The van der Waals surface area contributed by atoms with Gasteiger partial charge in [-0.1, -0.05) is 26.2 Å². The second kappa shape index (κ2) is 6.49. The van der Waals surface area contributed by atoms with Gasteiger partial charge in [-0.05, 0) is 31.8 Å². The molecule has 0 bridgehead atoms. The van der Waals surface area contributed by atoms with Crippen molar-refractivity contribution >= 4 is 16.5 Å².